The molecule has 1 aromatic heterocycles. The molecule has 98 valence electrons. The molecule has 4 nitrogen and oxygen atoms in total. The molecule has 4 heteroatoms. The van der Waals surface area contributed by atoms with Gasteiger partial charge in [-0.2, -0.15) is 0 Å². The normalized spacial score (nSPS) is 28.9. The van der Waals surface area contributed by atoms with Gasteiger partial charge in [0.2, 0.25) is 0 Å². The lowest BCUT2D eigenvalue weighted by atomic mass is 9.95. The predicted octanol–water partition coefficient (Wildman–Crippen LogP) is 2.48. The first kappa shape index (κ1) is 11.0. The van der Waals surface area contributed by atoms with Gasteiger partial charge in [-0.15, -0.1) is 0 Å². The first-order valence-corrected chi connectivity index (χ1v) is 7.03. The van der Waals surface area contributed by atoms with Crippen molar-refractivity contribution in [3.05, 3.63) is 30.1 Å². The Morgan fingerprint density at radius 1 is 1.32 bits per heavy atom. The van der Waals surface area contributed by atoms with E-state index in [0.29, 0.717) is 12.0 Å². The second-order valence-corrected chi connectivity index (χ2v) is 5.89. The Labute approximate surface area is 111 Å². The van der Waals surface area contributed by atoms with Crippen molar-refractivity contribution in [3.8, 4) is 0 Å². The molecule has 2 aliphatic carbocycles. The number of aromatic nitrogens is 2. The number of benzene rings is 1. The van der Waals surface area contributed by atoms with Gasteiger partial charge in [-0.25, -0.2) is 4.98 Å². The van der Waals surface area contributed by atoms with Crippen molar-refractivity contribution >= 4 is 16.9 Å². The molecule has 2 aromatic rings. The minimum absolute atomic E-state index is 0.0500. The highest BCUT2D eigenvalue weighted by molar-refractivity contribution is 5.97. The SMILES string of the molecule is O=C(NC1CC2CCC1C2)c1ccc2nc[nH]c2c1. The summed E-state index contributed by atoms with van der Waals surface area (Å²) in [6.07, 6.45) is 6.78. The highest BCUT2D eigenvalue weighted by atomic mass is 16.1. The van der Waals surface area contributed by atoms with Crippen LogP contribution in [0.2, 0.25) is 0 Å². The Kier molecular flexibility index (Phi) is 2.37. The number of nitrogens with one attached hydrogen (secondary N) is 2. The molecule has 2 saturated carbocycles. The summed E-state index contributed by atoms with van der Waals surface area (Å²) in [5.41, 5.74) is 2.54. The minimum Gasteiger partial charge on any atom is -0.349 e. The summed E-state index contributed by atoms with van der Waals surface area (Å²) >= 11 is 0. The van der Waals surface area contributed by atoms with Crippen molar-refractivity contribution in [1.29, 1.82) is 0 Å². The van der Waals surface area contributed by atoms with E-state index in [1.165, 1.54) is 25.7 Å². The maximum atomic E-state index is 12.3. The zero-order valence-electron chi connectivity index (χ0n) is 10.7. The largest absolute Gasteiger partial charge is 0.349 e. The standard InChI is InChI=1S/C15H17N3O/c19-15(18-13-6-9-1-2-10(13)5-9)11-3-4-12-14(7-11)17-8-16-12/h3-4,7-10,13H,1-2,5-6H2,(H,16,17)(H,18,19). The van der Waals surface area contributed by atoms with E-state index in [0.717, 1.165) is 22.5 Å². The van der Waals surface area contributed by atoms with E-state index in [1.807, 2.05) is 18.2 Å². The molecule has 0 spiro atoms. The van der Waals surface area contributed by atoms with Crippen LogP contribution in [-0.4, -0.2) is 21.9 Å². The fraction of sp³-hybridized carbons (Fsp3) is 0.467. The summed E-state index contributed by atoms with van der Waals surface area (Å²) in [6.45, 7) is 0. The molecule has 2 N–H and O–H groups in total. The minimum atomic E-state index is 0.0500. The molecule has 1 aromatic carbocycles. The third-order valence-corrected chi connectivity index (χ3v) is 4.74. The maximum Gasteiger partial charge on any atom is 0.251 e. The Morgan fingerprint density at radius 3 is 3.05 bits per heavy atom. The van der Waals surface area contributed by atoms with Crippen LogP contribution in [0.5, 0.6) is 0 Å². The molecule has 2 fully saturated rings. The number of imidazole rings is 1. The first-order valence-electron chi connectivity index (χ1n) is 7.03. The molecule has 1 amide bonds. The number of carbonyl (C=O) groups excluding carboxylic acids is 1. The summed E-state index contributed by atoms with van der Waals surface area (Å²) in [5.74, 6) is 1.62. The molecular weight excluding hydrogens is 238 g/mol. The fourth-order valence-electron chi connectivity index (χ4n) is 3.75. The van der Waals surface area contributed by atoms with Crippen molar-refractivity contribution in [2.24, 2.45) is 11.8 Å². The molecule has 3 unspecified atom stereocenters. The van der Waals surface area contributed by atoms with E-state index in [-0.39, 0.29) is 5.91 Å². The highest BCUT2D eigenvalue weighted by Gasteiger charge is 2.40. The third kappa shape index (κ3) is 1.82. The van der Waals surface area contributed by atoms with Crippen molar-refractivity contribution in [2.75, 3.05) is 0 Å². The van der Waals surface area contributed by atoms with Gasteiger partial charge in [-0.3, -0.25) is 4.79 Å². The van der Waals surface area contributed by atoms with E-state index in [4.69, 9.17) is 0 Å². The molecule has 19 heavy (non-hydrogen) atoms. The summed E-state index contributed by atoms with van der Waals surface area (Å²) in [4.78, 5) is 19.5. The lowest BCUT2D eigenvalue weighted by molar-refractivity contribution is 0.0923. The lowest BCUT2D eigenvalue weighted by Crippen LogP contribution is -2.38. The second-order valence-electron chi connectivity index (χ2n) is 5.89. The molecule has 0 aliphatic heterocycles. The summed E-state index contributed by atoms with van der Waals surface area (Å²) in [6, 6.07) is 6.02. The van der Waals surface area contributed by atoms with Crippen molar-refractivity contribution < 1.29 is 4.79 Å². The van der Waals surface area contributed by atoms with Gasteiger partial charge in [0.05, 0.1) is 17.4 Å². The molecule has 0 saturated heterocycles. The Hall–Kier alpha value is -1.84. The van der Waals surface area contributed by atoms with Crippen LogP contribution in [-0.2, 0) is 0 Å². The Morgan fingerprint density at radius 2 is 2.26 bits per heavy atom. The van der Waals surface area contributed by atoms with Crippen LogP contribution in [0.15, 0.2) is 24.5 Å². The fourth-order valence-corrected chi connectivity index (χ4v) is 3.75. The van der Waals surface area contributed by atoms with Gasteiger partial charge in [0.1, 0.15) is 0 Å². The van der Waals surface area contributed by atoms with Gasteiger partial charge in [0.25, 0.3) is 5.91 Å². The predicted molar refractivity (Wildman–Crippen MR) is 72.8 cm³/mol. The summed E-state index contributed by atoms with van der Waals surface area (Å²) in [5, 5.41) is 3.21. The molecule has 1 heterocycles. The van der Waals surface area contributed by atoms with Gasteiger partial charge in [-0.05, 0) is 49.3 Å². The summed E-state index contributed by atoms with van der Waals surface area (Å²) in [7, 11) is 0. The van der Waals surface area contributed by atoms with E-state index in [1.54, 1.807) is 6.33 Å². The van der Waals surface area contributed by atoms with Gasteiger partial charge < -0.3 is 10.3 Å². The van der Waals surface area contributed by atoms with Crippen LogP contribution in [0, 0.1) is 11.8 Å². The Bertz CT molecular complexity index is 633. The molecule has 3 atom stereocenters. The number of amides is 1. The van der Waals surface area contributed by atoms with E-state index >= 15 is 0 Å². The van der Waals surface area contributed by atoms with Crippen molar-refractivity contribution in [1.82, 2.24) is 15.3 Å². The average Bonchev–Trinajstić information content (AvgIpc) is 3.13. The third-order valence-electron chi connectivity index (χ3n) is 4.74. The zero-order chi connectivity index (χ0) is 12.8. The number of fused-ring (bicyclic) bond motifs is 3. The maximum absolute atomic E-state index is 12.3. The Balaban J connectivity index is 1.53. The zero-order valence-corrected chi connectivity index (χ0v) is 10.7. The highest BCUT2D eigenvalue weighted by Crippen LogP contribution is 2.44. The first-order chi connectivity index (χ1) is 9.29. The van der Waals surface area contributed by atoms with Gasteiger partial charge >= 0.3 is 0 Å². The van der Waals surface area contributed by atoms with Crippen LogP contribution in [0.1, 0.15) is 36.0 Å². The van der Waals surface area contributed by atoms with E-state index in [9.17, 15) is 4.79 Å². The average molecular weight is 255 g/mol. The van der Waals surface area contributed by atoms with Crippen LogP contribution < -0.4 is 5.32 Å². The van der Waals surface area contributed by atoms with Crippen molar-refractivity contribution in [3.63, 3.8) is 0 Å². The quantitative estimate of drug-likeness (QED) is 0.866. The number of hydrogen-bond donors (Lipinski definition) is 2. The monoisotopic (exact) mass is 255 g/mol. The van der Waals surface area contributed by atoms with Crippen LogP contribution in [0.3, 0.4) is 0 Å². The van der Waals surface area contributed by atoms with Gasteiger partial charge in [0, 0.05) is 11.6 Å². The number of rotatable bonds is 2. The molecule has 2 aliphatic rings. The number of carbonyl (C=O) groups is 1. The van der Waals surface area contributed by atoms with Gasteiger partial charge in [-0.1, -0.05) is 6.42 Å². The van der Waals surface area contributed by atoms with Crippen LogP contribution >= 0.6 is 0 Å². The number of hydrogen-bond acceptors (Lipinski definition) is 2. The van der Waals surface area contributed by atoms with Crippen molar-refractivity contribution in [2.45, 2.75) is 31.7 Å². The van der Waals surface area contributed by atoms with Gasteiger partial charge in [0.15, 0.2) is 0 Å². The lowest BCUT2D eigenvalue weighted by Gasteiger charge is -2.22. The molecule has 2 bridgehead atoms. The molecular formula is C15H17N3O. The topological polar surface area (TPSA) is 57.8 Å². The van der Waals surface area contributed by atoms with Crippen LogP contribution in [0.25, 0.3) is 11.0 Å². The summed E-state index contributed by atoms with van der Waals surface area (Å²) < 4.78 is 0. The van der Waals surface area contributed by atoms with E-state index < -0.39 is 0 Å². The smallest absolute Gasteiger partial charge is 0.251 e. The number of H-pyrrole nitrogens is 1. The molecule has 4 rings (SSSR count). The second kappa shape index (κ2) is 4.08. The number of aromatic amines is 1. The van der Waals surface area contributed by atoms with E-state index in [2.05, 4.69) is 15.3 Å². The number of nitrogens with zero attached hydrogens (tertiary/aromatic N) is 1. The molecule has 0 radical (unpaired) electrons. The van der Waals surface area contributed by atoms with Crippen LogP contribution in [0.4, 0.5) is 0 Å².